The Morgan fingerprint density at radius 3 is 2.76 bits per heavy atom. The molecule has 9 nitrogen and oxygen atoms in total. The Kier molecular flexibility index (Phi) is 8.84. The van der Waals surface area contributed by atoms with Crippen LogP contribution in [0.5, 0.6) is 5.75 Å². The molecule has 2 aliphatic heterocycles. The van der Waals surface area contributed by atoms with Crippen LogP contribution in [0, 0.1) is 5.92 Å². The number of nitrogens with zero attached hydrogens (tertiary/aromatic N) is 1. The molecule has 0 bridgehead atoms. The third kappa shape index (κ3) is 6.49. The number of sulfonamides is 1. The van der Waals surface area contributed by atoms with Gasteiger partial charge in [-0.05, 0) is 49.6 Å². The van der Waals surface area contributed by atoms with E-state index >= 15 is 0 Å². The molecule has 202 valence electrons. The van der Waals surface area contributed by atoms with Gasteiger partial charge in [0.25, 0.3) is 0 Å². The molecule has 11 heteroatoms. The first kappa shape index (κ1) is 27.5. The minimum absolute atomic E-state index is 0.0342. The zero-order valence-electron chi connectivity index (χ0n) is 21.0. The van der Waals surface area contributed by atoms with Crippen molar-refractivity contribution < 1.29 is 27.8 Å². The Hall–Kier alpha value is -2.53. The molecule has 0 saturated heterocycles. The van der Waals surface area contributed by atoms with Crippen LogP contribution in [0.25, 0.3) is 0 Å². The summed E-state index contributed by atoms with van der Waals surface area (Å²) in [6.07, 6.45) is 5.85. The topological polar surface area (TPSA) is 117 Å². The summed E-state index contributed by atoms with van der Waals surface area (Å²) < 4.78 is 36.5. The van der Waals surface area contributed by atoms with Gasteiger partial charge in [0, 0.05) is 36.2 Å². The van der Waals surface area contributed by atoms with Crippen molar-refractivity contribution in [3.8, 4) is 5.75 Å². The number of fused-ring (bicyclic) bond motifs is 2. The lowest BCUT2D eigenvalue weighted by Gasteiger charge is -2.37. The van der Waals surface area contributed by atoms with Crippen molar-refractivity contribution in [2.24, 2.45) is 5.92 Å². The summed E-state index contributed by atoms with van der Waals surface area (Å²) in [5.41, 5.74) is 3.19. The van der Waals surface area contributed by atoms with E-state index in [2.05, 4.69) is 22.2 Å². The van der Waals surface area contributed by atoms with Gasteiger partial charge < -0.3 is 19.9 Å². The number of ether oxygens (including phenoxy) is 2. The van der Waals surface area contributed by atoms with Crippen LogP contribution in [0.15, 0.2) is 58.8 Å². The highest BCUT2D eigenvalue weighted by molar-refractivity contribution is 7.89. The fourth-order valence-corrected chi connectivity index (χ4v) is 5.73. The second kappa shape index (κ2) is 11.9. The highest BCUT2D eigenvalue weighted by atomic mass is 35.5. The minimum atomic E-state index is -3.35. The van der Waals surface area contributed by atoms with Crippen LogP contribution < -0.4 is 14.8 Å². The molecule has 37 heavy (non-hydrogen) atoms. The highest BCUT2D eigenvalue weighted by Crippen LogP contribution is 2.44. The van der Waals surface area contributed by atoms with Crippen molar-refractivity contribution in [1.82, 2.24) is 14.9 Å². The van der Waals surface area contributed by atoms with E-state index in [4.69, 9.17) is 21.1 Å². The number of rotatable bonds is 10. The Labute approximate surface area is 223 Å². The SMILES string of the molecule is CCOC(=O)N1CCC2=C(NC3C=CC(Cl)=CC23)[C@@H]1c1ccc(OCCC(O)CNS(=O)(=O)CC)cc1. The van der Waals surface area contributed by atoms with Gasteiger partial charge >= 0.3 is 6.09 Å². The molecule has 4 atom stereocenters. The van der Waals surface area contributed by atoms with E-state index < -0.39 is 16.1 Å². The average Bonchev–Trinajstić information content (AvgIpc) is 3.25. The molecule has 3 aliphatic rings. The molecule has 0 aromatic heterocycles. The van der Waals surface area contributed by atoms with E-state index in [0.717, 1.165) is 22.7 Å². The number of allylic oxidation sites excluding steroid dienone is 2. The van der Waals surface area contributed by atoms with Crippen LogP contribution in [-0.4, -0.2) is 68.7 Å². The lowest BCUT2D eigenvalue weighted by atomic mass is 9.85. The fraction of sp³-hybridized carbons (Fsp3) is 0.500. The predicted octanol–water partition coefficient (Wildman–Crippen LogP) is 3.19. The number of aliphatic hydroxyl groups excluding tert-OH is 1. The Balaban J connectivity index is 1.45. The summed E-state index contributed by atoms with van der Waals surface area (Å²) in [6, 6.07) is 7.30. The summed E-state index contributed by atoms with van der Waals surface area (Å²) in [7, 11) is -3.35. The van der Waals surface area contributed by atoms with E-state index in [0.29, 0.717) is 18.9 Å². The number of halogens is 1. The molecule has 2 heterocycles. The lowest BCUT2D eigenvalue weighted by Crippen LogP contribution is -2.42. The molecule has 4 rings (SSSR count). The molecule has 0 fully saturated rings. The molecule has 1 aliphatic carbocycles. The Morgan fingerprint density at radius 2 is 2.05 bits per heavy atom. The molecular formula is C26H34ClN3O6S. The summed E-state index contributed by atoms with van der Waals surface area (Å²) >= 11 is 6.29. The summed E-state index contributed by atoms with van der Waals surface area (Å²) in [5, 5.41) is 14.4. The maximum Gasteiger partial charge on any atom is 0.410 e. The van der Waals surface area contributed by atoms with Crippen LogP contribution in [0.4, 0.5) is 4.79 Å². The number of carbonyl (C=O) groups excluding carboxylic acids is 1. The third-order valence-electron chi connectivity index (χ3n) is 6.80. The molecule has 1 aromatic carbocycles. The van der Waals surface area contributed by atoms with E-state index in [1.807, 2.05) is 30.3 Å². The molecule has 0 spiro atoms. The van der Waals surface area contributed by atoms with Crippen LogP contribution in [-0.2, 0) is 14.8 Å². The quantitative estimate of drug-likeness (QED) is 0.409. The van der Waals surface area contributed by atoms with E-state index in [1.54, 1.807) is 11.8 Å². The number of benzene rings is 1. The van der Waals surface area contributed by atoms with Crippen LogP contribution in [0.3, 0.4) is 0 Å². The predicted molar refractivity (Wildman–Crippen MR) is 142 cm³/mol. The van der Waals surface area contributed by atoms with Crippen LogP contribution in [0.1, 0.15) is 38.3 Å². The van der Waals surface area contributed by atoms with Gasteiger partial charge in [0.2, 0.25) is 10.0 Å². The van der Waals surface area contributed by atoms with Crippen molar-refractivity contribution in [2.75, 3.05) is 32.1 Å². The van der Waals surface area contributed by atoms with Gasteiger partial charge in [-0.15, -0.1) is 0 Å². The average molecular weight is 552 g/mol. The first-order chi connectivity index (χ1) is 17.7. The first-order valence-electron chi connectivity index (χ1n) is 12.6. The number of amides is 1. The van der Waals surface area contributed by atoms with Crippen molar-refractivity contribution in [3.63, 3.8) is 0 Å². The molecule has 0 saturated carbocycles. The number of hydrogen-bond donors (Lipinski definition) is 3. The van der Waals surface area contributed by atoms with Gasteiger partial charge in [-0.2, -0.15) is 0 Å². The second-order valence-corrected chi connectivity index (χ2v) is 11.7. The fourth-order valence-electron chi connectivity index (χ4n) is 4.87. The monoisotopic (exact) mass is 551 g/mol. The normalized spacial score (nSPS) is 23.6. The number of nitrogens with one attached hydrogen (secondary N) is 2. The standard InChI is InChI=1S/C26H34ClN3O6S/c1-3-35-26(32)30-13-11-21-22-15-18(27)7-10-23(22)29-24(21)25(30)17-5-8-20(9-6-17)36-14-12-19(31)16-28-37(33,34)4-2/h5-10,15,19,22-23,25,28-29,31H,3-4,11-14,16H2,1-2H3/t19?,22?,23?,25-/m0/s1. The highest BCUT2D eigenvalue weighted by Gasteiger charge is 2.43. The van der Waals surface area contributed by atoms with Gasteiger partial charge in [-0.3, -0.25) is 4.90 Å². The van der Waals surface area contributed by atoms with Gasteiger partial charge in [-0.25, -0.2) is 17.9 Å². The van der Waals surface area contributed by atoms with Gasteiger partial charge in [0.1, 0.15) is 11.8 Å². The molecule has 1 amide bonds. The third-order valence-corrected chi connectivity index (χ3v) is 8.42. The molecular weight excluding hydrogens is 518 g/mol. The molecule has 3 N–H and O–H groups in total. The number of hydrogen-bond acceptors (Lipinski definition) is 7. The summed E-state index contributed by atoms with van der Waals surface area (Å²) in [5.74, 6) is 0.742. The van der Waals surface area contributed by atoms with Gasteiger partial charge in [0.05, 0.1) is 31.1 Å². The molecule has 3 unspecified atom stereocenters. The van der Waals surface area contributed by atoms with E-state index in [1.165, 1.54) is 12.5 Å². The number of carbonyl (C=O) groups is 1. The lowest BCUT2D eigenvalue weighted by molar-refractivity contribution is 0.0922. The largest absolute Gasteiger partial charge is 0.493 e. The van der Waals surface area contributed by atoms with Crippen molar-refractivity contribution in [3.05, 3.63) is 64.4 Å². The smallest absolute Gasteiger partial charge is 0.410 e. The van der Waals surface area contributed by atoms with Gasteiger partial charge in [0.15, 0.2) is 0 Å². The minimum Gasteiger partial charge on any atom is -0.493 e. The second-order valence-electron chi connectivity index (χ2n) is 9.20. The van der Waals surface area contributed by atoms with Crippen molar-refractivity contribution >= 4 is 27.7 Å². The molecule has 0 radical (unpaired) electrons. The van der Waals surface area contributed by atoms with Crippen molar-refractivity contribution in [2.45, 2.75) is 44.9 Å². The molecule has 1 aromatic rings. The maximum absolute atomic E-state index is 12.9. The number of aliphatic hydroxyl groups is 1. The maximum atomic E-state index is 12.9. The first-order valence-corrected chi connectivity index (χ1v) is 14.6. The van der Waals surface area contributed by atoms with Crippen molar-refractivity contribution in [1.29, 1.82) is 0 Å². The zero-order valence-corrected chi connectivity index (χ0v) is 22.6. The summed E-state index contributed by atoms with van der Waals surface area (Å²) in [6.45, 7) is 4.35. The van der Waals surface area contributed by atoms with Gasteiger partial charge in [-0.1, -0.05) is 35.9 Å². The van der Waals surface area contributed by atoms with E-state index in [9.17, 15) is 18.3 Å². The Morgan fingerprint density at radius 1 is 1.30 bits per heavy atom. The van der Waals surface area contributed by atoms with Crippen LogP contribution >= 0.6 is 11.6 Å². The summed E-state index contributed by atoms with van der Waals surface area (Å²) in [4.78, 5) is 14.6. The van der Waals surface area contributed by atoms with E-state index in [-0.39, 0.29) is 49.4 Å². The Bertz CT molecular complexity index is 1180. The zero-order chi connectivity index (χ0) is 26.6. The van der Waals surface area contributed by atoms with Crippen LogP contribution in [0.2, 0.25) is 0 Å².